The Balaban J connectivity index is 2.18. The molecule has 0 saturated heterocycles. The number of nitrogens with two attached hydrogens (primary N) is 1. The third-order valence-electron chi connectivity index (χ3n) is 2.89. The number of anilines is 1. The molecule has 0 aliphatic rings. The molecule has 0 unspecified atom stereocenters. The van der Waals surface area contributed by atoms with Crippen LogP contribution >= 0.6 is 11.3 Å². The maximum absolute atomic E-state index is 11.4. The molecule has 0 aliphatic carbocycles. The van der Waals surface area contributed by atoms with Crippen LogP contribution in [0.4, 0.5) is 10.7 Å². The smallest absolute Gasteiger partial charge is 0.324 e. The lowest BCUT2D eigenvalue weighted by Gasteiger charge is -2.11. The van der Waals surface area contributed by atoms with Crippen LogP contribution in [0.15, 0.2) is 34.5 Å². The summed E-state index contributed by atoms with van der Waals surface area (Å²) in [5, 5.41) is 20.6. The van der Waals surface area contributed by atoms with Crippen molar-refractivity contribution in [3.8, 4) is 0 Å². The quantitative estimate of drug-likeness (QED) is 0.645. The summed E-state index contributed by atoms with van der Waals surface area (Å²) in [7, 11) is -3.77. The lowest BCUT2D eigenvalue weighted by Crippen LogP contribution is -2.14. The van der Waals surface area contributed by atoms with E-state index in [2.05, 4.69) is 5.32 Å². The van der Waals surface area contributed by atoms with Crippen LogP contribution in [0.3, 0.4) is 0 Å². The first-order valence-corrected chi connectivity index (χ1v) is 8.29. The van der Waals surface area contributed by atoms with Crippen molar-refractivity contribution in [1.82, 2.24) is 0 Å². The van der Waals surface area contributed by atoms with Crippen molar-refractivity contribution < 1.29 is 13.3 Å². The molecule has 2 aromatic rings. The summed E-state index contributed by atoms with van der Waals surface area (Å²) in [4.78, 5) is 10.2. The fourth-order valence-corrected chi connectivity index (χ4v) is 3.40. The molecule has 21 heavy (non-hydrogen) atoms. The zero-order valence-corrected chi connectivity index (χ0v) is 12.7. The maximum Gasteiger partial charge on any atom is 0.324 e. The van der Waals surface area contributed by atoms with Gasteiger partial charge in [-0.2, -0.15) is 0 Å². The molecule has 0 radical (unpaired) electrons. The van der Waals surface area contributed by atoms with E-state index in [0.717, 1.165) is 16.9 Å². The van der Waals surface area contributed by atoms with Crippen molar-refractivity contribution in [2.24, 2.45) is 5.14 Å². The molecule has 0 fully saturated rings. The molecule has 0 aliphatic heterocycles. The summed E-state index contributed by atoms with van der Waals surface area (Å²) < 4.78 is 22.9. The van der Waals surface area contributed by atoms with E-state index < -0.39 is 14.9 Å². The van der Waals surface area contributed by atoms with Gasteiger partial charge in [0.2, 0.25) is 10.0 Å². The van der Waals surface area contributed by atoms with Gasteiger partial charge in [-0.15, -0.1) is 0 Å². The van der Waals surface area contributed by atoms with Gasteiger partial charge in [0, 0.05) is 23.7 Å². The van der Waals surface area contributed by atoms with Crippen LogP contribution < -0.4 is 10.5 Å². The summed E-state index contributed by atoms with van der Waals surface area (Å²) in [5.74, 6) is 0. The minimum atomic E-state index is -3.77. The standard InChI is InChI=1S/C12H13N3O4S2/c1-8-10(3-2-4-11(8)21(13,18)19)14-6-9-5-12(15(16)17)20-7-9/h2-5,7,14H,6H2,1H3,(H2,13,18,19). The zero-order chi connectivity index (χ0) is 15.6. The first-order chi connectivity index (χ1) is 9.79. The summed E-state index contributed by atoms with van der Waals surface area (Å²) in [6, 6.07) is 6.23. The van der Waals surface area contributed by atoms with Crippen LogP contribution in [0.1, 0.15) is 11.1 Å². The fraction of sp³-hybridized carbons (Fsp3) is 0.167. The minimum Gasteiger partial charge on any atom is -0.381 e. The number of nitrogens with zero attached hydrogens (tertiary/aromatic N) is 1. The molecule has 1 heterocycles. The number of nitro groups is 1. The van der Waals surface area contributed by atoms with Crippen LogP contribution in [0.25, 0.3) is 0 Å². The molecular weight excluding hydrogens is 314 g/mol. The van der Waals surface area contributed by atoms with Gasteiger partial charge < -0.3 is 5.32 Å². The number of sulfonamides is 1. The number of thiophene rings is 1. The average molecular weight is 327 g/mol. The van der Waals surface area contributed by atoms with Gasteiger partial charge in [0.15, 0.2) is 0 Å². The van der Waals surface area contributed by atoms with Crippen molar-refractivity contribution in [1.29, 1.82) is 0 Å². The van der Waals surface area contributed by atoms with Gasteiger partial charge >= 0.3 is 5.00 Å². The topological polar surface area (TPSA) is 115 Å². The van der Waals surface area contributed by atoms with E-state index in [0.29, 0.717) is 17.8 Å². The van der Waals surface area contributed by atoms with E-state index in [9.17, 15) is 18.5 Å². The van der Waals surface area contributed by atoms with E-state index in [1.54, 1.807) is 24.4 Å². The van der Waals surface area contributed by atoms with Gasteiger partial charge in [-0.25, -0.2) is 13.6 Å². The lowest BCUT2D eigenvalue weighted by molar-refractivity contribution is -0.380. The number of nitrogens with one attached hydrogen (secondary N) is 1. The highest BCUT2D eigenvalue weighted by atomic mass is 32.2. The molecule has 0 spiro atoms. The van der Waals surface area contributed by atoms with Crippen LogP contribution in [0, 0.1) is 17.0 Å². The van der Waals surface area contributed by atoms with Crippen LogP contribution in [0.2, 0.25) is 0 Å². The van der Waals surface area contributed by atoms with Gasteiger partial charge in [0.25, 0.3) is 0 Å². The van der Waals surface area contributed by atoms with Crippen molar-refractivity contribution in [2.75, 3.05) is 5.32 Å². The van der Waals surface area contributed by atoms with Crippen LogP contribution in [0.5, 0.6) is 0 Å². The second-order valence-corrected chi connectivity index (χ2v) is 6.80. The second-order valence-electron chi connectivity index (χ2n) is 4.38. The van der Waals surface area contributed by atoms with Gasteiger partial charge in [-0.1, -0.05) is 17.4 Å². The normalized spacial score (nSPS) is 11.3. The lowest BCUT2D eigenvalue weighted by atomic mass is 10.2. The Hall–Kier alpha value is -1.97. The molecule has 0 amide bonds. The molecule has 7 nitrogen and oxygen atoms in total. The first kappa shape index (κ1) is 15.4. The highest BCUT2D eigenvalue weighted by molar-refractivity contribution is 7.89. The molecular formula is C12H13N3O4S2. The molecule has 0 saturated carbocycles. The predicted octanol–water partition coefficient (Wildman–Crippen LogP) is 2.22. The molecule has 112 valence electrons. The molecule has 1 aromatic heterocycles. The van der Waals surface area contributed by atoms with E-state index >= 15 is 0 Å². The summed E-state index contributed by atoms with van der Waals surface area (Å²) in [5.41, 5.74) is 1.90. The van der Waals surface area contributed by atoms with Crippen LogP contribution in [-0.2, 0) is 16.6 Å². The van der Waals surface area contributed by atoms with Crippen molar-refractivity contribution in [3.05, 3.63) is 50.9 Å². The summed E-state index contributed by atoms with van der Waals surface area (Å²) in [6.07, 6.45) is 0. The Kier molecular flexibility index (Phi) is 4.26. The third-order valence-corrected chi connectivity index (χ3v) is 4.88. The fourth-order valence-electron chi connectivity index (χ4n) is 1.86. The Morgan fingerprint density at radius 2 is 2.14 bits per heavy atom. The third kappa shape index (κ3) is 3.57. The van der Waals surface area contributed by atoms with Crippen LogP contribution in [-0.4, -0.2) is 13.3 Å². The summed E-state index contributed by atoms with van der Waals surface area (Å²) in [6.45, 7) is 2.01. The number of hydrogen-bond acceptors (Lipinski definition) is 6. The van der Waals surface area contributed by atoms with E-state index in [1.165, 1.54) is 12.1 Å². The SMILES string of the molecule is Cc1c(NCc2csc([N+](=O)[O-])c2)cccc1S(N)(=O)=O. The molecule has 9 heteroatoms. The Labute approximate surface area is 125 Å². The second kappa shape index (κ2) is 5.80. The number of benzene rings is 1. The van der Waals surface area contributed by atoms with Gasteiger partial charge in [0.05, 0.1) is 9.82 Å². The zero-order valence-electron chi connectivity index (χ0n) is 11.1. The van der Waals surface area contributed by atoms with Gasteiger partial charge in [0.1, 0.15) is 0 Å². The minimum absolute atomic E-state index is 0.0591. The molecule has 1 aromatic carbocycles. The average Bonchev–Trinajstić information content (AvgIpc) is 2.85. The Bertz CT molecular complexity index is 784. The number of hydrogen-bond donors (Lipinski definition) is 2. The first-order valence-electron chi connectivity index (χ1n) is 5.87. The van der Waals surface area contributed by atoms with Gasteiger partial charge in [-0.05, 0) is 30.2 Å². The molecule has 0 atom stereocenters. The predicted molar refractivity (Wildman–Crippen MR) is 80.9 cm³/mol. The number of primary sulfonamides is 1. The Morgan fingerprint density at radius 1 is 1.43 bits per heavy atom. The molecule has 2 rings (SSSR count). The highest BCUT2D eigenvalue weighted by Crippen LogP contribution is 2.25. The van der Waals surface area contributed by atoms with Crippen molar-refractivity contribution in [2.45, 2.75) is 18.4 Å². The summed E-state index contributed by atoms with van der Waals surface area (Å²) >= 11 is 1.05. The van der Waals surface area contributed by atoms with E-state index in [4.69, 9.17) is 5.14 Å². The van der Waals surface area contributed by atoms with Crippen molar-refractivity contribution in [3.63, 3.8) is 0 Å². The highest BCUT2D eigenvalue weighted by Gasteiger charge is 2.14. The number of rotatable bonds is 5. The van der Waals surface area contributed by atoms with E-state index in [-0.39, 0.29) is 9.90 Å². The Morgan fingerprint density at radius 3 is 2.71 bits per heavy atom. The largest absolute Gasteiger partial charge is 0.381 e. The maximum atomic E-state index is 11.4. The van der Waals surface area contributed by atoms with Gasteiger partial charge in [-0.3, -0.25) is 10.1 Å². The van der Waals surface area contributed by atoms with E-state index in [1.807, 2.05) is 0 Å². The molecule has 0 bridgehead atoms. The van der Waals surface area contributed by atoms with Crippen molar-refractivity contribution >= 4 is 32.0 Å². The monoisotopic (exact) mass is 327 g/mol. The molecule has 3 N–H and O–H groups in total.